The monoisotopic (exact) mass is 408 g/mol. The Morgan fingerprint density at radius 1 is 1.19 bits per heavy atom. The van der Waals surface area contributed by atoms with Crippen LogP contribution in [0.4, 0.5) is 10.1 Å². The molecule has 0 radical (unpaired) electrons. The van der Waals surface area contributed by atoms with Crippen molar-refractivity contribution in [1.29, 1.82) is 0 Å². The molecule has 3 atom stereocenters. The van der Waals surface area contributed by atoms with Crippen molar-refractivity contribution >= 4 is 40.7 Å². The van der Waals surface area contributed by atoms with Crippen LogP contribution in [0, 0.1) is 17.7 Å². The number of hydrogen-bond acceptors (Lipinski definition) is 2. The van der Waals surface area contributed by atoms with Crippen molar-refractivity contribution in [3.05, 3.63) is 63.4 Å². The van der Waals surface area contributed by atoms with Gasteiger partial charge in [0.1, 0.15) is 5.82 Å². The number of benzene rings is 2. The zero-order valence-corrected chi connectivity index (χ0v) is 16.4. The van der Waals surface area contributed by atoms with Crippen LogP contribution in [0.1, 0.15) is 42.2 Å². The van der Waals surface area contributed by atoms with Gasteiger partial charge in [0, 0.05) is 22.2 Å². The Balaban J connectivity index is 1.70. The molecule has 0 aliphatic heterocycles. The minimum atomic E-state index is -0.601. The minimum Gasteiger partial charge on any atom is -0.345 e. The van der Waals surface area contributed by atoms with Crippen LogP contribution in [0.25, 0.3) is 0 Å². The SMILES string of the molecule is CC(NC(=O)c1cccc(NC(=O)C2CC2C)c1)c1cc(F)c(Cl)cc1Cl. The Kier molecular flexibility index (Phi) is 5.72. The third-order valence-electron chi connectivity index (χ3n) is 4.69. The normalized spacial score (nSPS) is 19.3. The maximum atomic E-state index is 13.7. The highest BCUT2D eigenvalue weighted by Crippen LogP contribution is 2.38. The molecule has 142 valence electrons. The number of anilines is 1. The van der Waals surface area contributed by atoms with E-state index in [9.17, 15) is 14.0 Å². The lowest BCUT2D eigenvalue weighted by Crippen LogP contribution is -2.27. The largest absolute Gasteiger partial charge is 0.345 e. The fourth-order valence-corrected chi connectivity index (χ4v) is 3.43. The number of carbonyl (C=O) groups is 2. The molecule has 27 heavy (non-hydrogen) atoms. The second-order valence-electron chi connectivity index (χ2n) is 6.87. The van der Waals surface area contributed by atoms with Gasteiger partial charge in [0.2, 0.25) is 5.91 Å². The number of halogens is 3. The highest BCUT2D eigenvalue weighted by Gasteiger charge is 2.39. The molecule has 0 spiro atoms. The van der Waals surface area contributed by atoms with Crippen molar-refractivity contribution in [2.45, 2.75) is 26.3 Å². The summed E-state index contributed by atoms with van der Waals surface area (Å²) < 4.78 is 13.7. The zero-order chi connectivity index (χ0) is 19.7. The van der Waals surface area contributed by atoms with Gasteiger partial charge in [0.05, 0.1) is 11.1 Å². The van der Waals surface area contributed by atoms with Crippen LogP contribution < -0.4 is 10.6 Å². The topological polar surface area (TPSA) is 58.2 Å². The zero-order valence-electron chi connectivity index (χ0n) is 14.9. The van der Waals surface area contributed by atoms with Gasteiger partial charge >= 0.3 is 0 Å². The van der Waals surface area contributed by atoms with Crippen molar-refractivity contribution < 1.29 is 14.0 Å². The number of carbonyl (C=O) groups excluding carboxylic acids is 2. The average Bonchev–Trinajstić information content (AvgIpc) is 3.35. The van der Waals surface area contributed by atoms with Crippen LogP contribution in [0.5, 0.6) is 0 Å². The van der Waals surface area contributed by atoms with Crippen LogP contribution in [-0.2, 0) is 4.79 Å². The van der Waals surface area contributed by atoms with Gasteiger partial charge in [0.25, 0.3) is 5.91 Å². The van der Waals surface area contributed by atoms with E-state index in [4.69, 9.17) is 23.2 Å². The Morgan fingerprint density at radius 2 is 1.89 bits per heavy atom. The first-order chi connectivity index (χ1) is 12.8. The molecule has 2 amide bonds. The summed E-state index contributed by atoms with van der Waals surface area (Å²) in [5.41, 5.74) is 1.38. The Morgan fingerprint density at radius 3 is 2.56 bits per heavy atom. The first-order valence-corrected chi connectivity index (χ1v) is 9.38. The predicted octanol–water partition coefficient (Wildman–Crippen LogP) is 5.22. The molecule has 2 aromatic carbocycles. The number of nitrogens with one attached hydrogen (secondary N) is 2. The summed E-state index contributed by atoms with van der Waals surface area (Å²) in [6.07, 6.45) is 0.891. The average molecular weight is 409 g/mol. The van der Waals surface area contributed by atoms with E-state index < -0.39 is 11.9 Å². The second-order valence-corrected chi connectivity index (χ2v) is 7.69. The van der Waals surface area contributed by atoms with Crippen molar-refractivity contribution in [2.75, 3.05) is 5.32 Å². The van der Waals surface area contributed by atoms with Gasteiger partial charge in [0.15, 0.2) is 0 Å². The van der Waals surface area contributed by atoms with Crippen LogP contribution in [0.2, 0.25) is 10.0 Å². The quantitative estimate of drug-likeness (QED) is 0.666. The van der Waals surface area contributed by atoms with Gasteiger partial charge in [-0.3, -0.25) is 9.59 Å². The molecule has 7 heteroatoms. The van der Waals surface area contributed by atoms with Crippen LogP contribution in [-0.4, -0.2) is 11.8 Å². The molecule has 1 saturated carbocycles. The summed E-state index contributed by atoms with van der Waals surface area (Å²) in [7, 11) is 0. The lowest BCUT2D eigenvalue weighted by molar-refractivity contribution is -0.117. The molecule has 4 nitrogen and oxygen atoms in total. The van der Waals surface area contributed by atoms with E-state index in [1.165, 1.54) is 12.1 Å². The maximum absolute atomic E-state index is 13.7. The van der Waals surface area contributed by atoms with Gasteiger partial charge in [-0.05, 0) is 55.2 Å². The molecule has 0 saturated heterocycles. The maximum Gasteiger partial charge on any atom is 0.251 e. The van der Waals surface area contributed by atoms with Gasteiger partial charge in [-0.15, -0.1) is 0 Å². The summed E-state index contributed by atoms with van der Waals surface area (Å²) in [4.78, 5) is 24.6. The lowest BCUT2D eigenvalue weighted by Gasteiger charge is -2.17. The highest BCUT2D eigenvalue weighted by molar-refractivity contribution is 6.35. The first-order valence-electron chi connectivity index (χ1n) is 8.62. The molecule has 3 unspecified atom stereocenters. The van der Waals surface area contributed by atoms with Crippen LogP contribution in [0.15, 0.2) is 36.4 Å². The summed E-state index contributed by atoms with van der Waals surface area (Å²) >= 11 is 11.8. The number of rotatable bonds is 5. The van der Waals surface area contributed by atoms with E-state index in [0.29, 0.717) is 22.7 Å². The molecule has 2 N–H and O–H groups in total. The van der Waals surface area contributed by atoms with E-state index in [-0.39, 0.29) is 27.8 Å². The predicted molar refractivity (Wildman–Crippen MR) is 105 cm³/mol. The van der Waals surface area contributed by atoms with E-state index in [1.54, 1.807) is 31.2 Å². The molecular formula is C20H19Cl2FN2O2. The Hall–Kier alpha value is -2.11. The molecule has 1 aliphatic rings. The van der Waals surface area contributed by atoms with E-state index in [0.717, 1.165) is 6.42 Å². The summed E-state index contributed by atoms with van der Waals surface area (Å²) in [6.45, 7) is 3.73. The Bertz CT molecular complexity index is 904. The molecule has 3 rings (SSSR count). The smallest absolute Gasteiger partial charge is 0.251 e. The van der Waals surface area contributed by atoms with Gasteiger partial charge in [-0.2, -0.15) is 0 Å². The number of amides is 2. The van der Waals surface area contributed by atoms with Crippen LogP contribution in [0.3, 0.4) is 0 Å². The van der Waals surface area contributed by atoms with Crippen LogP contribution >= 0.6 is 23.2 Å². The summed E-state index contributed by atoms with van der Waals surface area (Å²) in [5.74, 6) is -0.538. The van der Waals surface area contributed by atoms with E-state index in [2.05, 4.69) is 10.6 Å². The van der Waals surface area contributed by atoms with Gasteiger partial charge in [-0.1, -0.05) is 36.2 Å². The minimum absolute atomic E-state index is 0.0307. The third-order valence-corrected chi connectivity index (χ3v) is 5.31. The molecule has 0 heterocycles. The van der Waals surface area contributed by atoms with Crippen molar-refractivity contribution in [2.24, 2.45) is 11.8 Å². The second kappa shape index (κ2) is 7.87. The summed E-state index contributed by atoms with van der Waals surface area (Å²) in [5, 5.41) is 5.81. The third kappa shape index (κ3) is 4.60. The molecular weight excluding hydrogens is 390 g/mol. The van der Waals surface area contributed by atoms with Crippen molar-refractivity contribution in [3.63, 3.8) is 0 Å². The summed E-state index contributed by atoms with van der Waals surface area (Å²) in [6, 6.07) is 8.67. The Labute approximate surface area is 167 Å². The standard InChI is InChI=1S/C20H19Cl2FN2O2/c1-10-6-14(10)20(27)25-13-5-3-4-12(7-13)19(26)24-11(2)15-8-18(23)17(22)9-16(15)21/h3-5,7-11,14H,6H2,1-2H3,(H,24,26)(H,25,27). The molecule has 1 fully saturated rings. The van der Waals surface area contributed by atoms with Gasteiger partial charge in [-0.25, -0.2) is 4.39 Å². The molecule has 0 bridgehead atoms. The molecule has 1 aliphatic carbocycles. The molecule has 0 aromatic heterocycles. The van der Waals surface area contributed by atoms with Gasteiger partial charge < -0.3 is 10.6 Å². The fourth-order valence-electron chi connectivity index (χ4n) is 2.89. The molecule has 2 aromatic rings. The highest BCUT2D eigenvalue weighted by atomic mass is 35.5. The number of hydrogen-bond donors (Lipinski definition) is 2. The first kappa shape index (κ1) is 19.6. The van der Waals surface area contributed by atoms with E-state index >= 15 is 0 Å². The lowest BCUT2D eigenvalue weighted by atomic mass is 10.1. The van der Waals surface area contributed by atoms with Crippen molar-refractivity contribution in [1.82, 2.24) is 5.32 Å². The fraction of sp³-hybridized carbons (Fsp3) is 0.300. The van der Waals surface area contributed by atoms with Crippen molar-refractivity contribution in [3.8, 4) is 0 Å². The van der Waals surface area contributed by atoms with E-state index in [1.807, 2.05) is 6.92 Å².